The number of sulfonamides is 1. The van der Waals surface area contributed by atoms with Gasteiger partial charge in [0.25, 0.3) is 0 Å². The fraction of sp³-hybridized carbons (Fsp3) is 0.261. The molecule has 0 saturated carbocycles. The van der Waals surface area contributed by atoms with Crippen molar-refractivity contribution in [1.29, 1.82) is 0 Å². The third kappa shape index (κ3) is 5.63. The molecule has 1 aromatic heterocycles. The highest BCUT2D eigenvalue weighted by Gasteiger charge is 2.22. The quantitative estimate of drug-likeness (QED) is 0.433. The lowest BCUT2D eigenvalue weighted by Gasteiger charge is -2.14. The number of rotatable bonds is 5. The first-order valence-electron chi connectivity index (χ1n) is 10.9. The summed E-state index contributed by atoms with van der Waals surface area (Å²) in [6.07, 6.45) is 2.00. The number of anilines is 3. The van der Waals surface area contributed by atoms with Gasteiger partial charge in [0.05, 0.1) is 14.2 Å². The van der Waals surface area contributed by atoms with Gasteiger partial charge in [-0.1, -0.05) is 6.07 Å². The molecular formula is C23H24FN5O6S. The van der Waals surface area contributed by atoms with E-state index in [1.54, 1.807) is 24.4 Å². The molecule has 0 saturated heterocycles. The standard InChI is InChI=1S/C23H24FN5O6S/c1-33-19-10-14(4-6-17(19)24)16-12-26-23-28-15-5-7-18(35-13-21(30)34-2)20(11-15)36(31,32)27-9-3-8-25-22(16)29-23/h4-7,10-12,27H,3,8-9,13H2,1-2H3,(H2,25,26,28,29). The zero-order valence-electron chi connectivity index (χ0n) is 19.5. The van der Waals surface area contributed by atoms with Gasteiger partial charge in [-0.2, -0.15) is 4.98 Å². The molecule has 3 N–H and O–H groups in total. The summed E-state index contributed by atoms with van der Waals surface area (Å²) >= 11 is 0. The number of benzene rings is 2. The molecule has 3 aromatic rings. The fourth-order valence-corrected chi connectivity index (χ4v) is 4.68. The number of fused-ring (bicyclic) bond motifs is 4. The molecule has 0 fully saturated rings. The summed E-state index contributed by atoms with van der Waals surface area (Å²) in [7, 11) is -1.38. The Hall–Kier alpha value is -3.97. The van der Waals surface area contributed by atoms with E-state index in [2.05, 4.69) is 30.1 Å². The highest BCUT2D eigenvalue weighted by atomic mass is 32.2. The van der Waals surface area contributed by atoms with Crippen LogP contribution >= 0.6 is 0 Å². The van der Waals surface area contributed by atoms with Crippen LogP contribution < -0.4 is 24.8 Å². The minimum atomic E-state index is -3.97. The average molecular weight is 518 g/mol. The largest absolute Gasteiger partial charge is 0.494 e. The van der Waals surface area contributed by atoms with E-state index in [0.717, 1.165) is 0 Å². The zero-order chi connectivity index (χ0) is 25.7. The summed E-state index contributed by atoms with van der Waals surface area (Å²) in [6, 6.07) is 8.80. The Labute approximate surface area is 207 Å². The molecule has 0 amide bonds. The number of methoxy groups -OCH3 is 2. The number of ether oxygens (including phenoxy) is 3. The van der Waals surface area contributed by atoms with Gasteiger partial charge >= 0.3 is 5.97 Å². The zero-order valence-corrected chi connectivity index (χ0v) is 20.3. The van der Waals surface area contributed by atoms with Crippen molar-refractivity contribution >= 4 is 33.4 Å². The number of hydrogen-bond donors (Lipinski definition) is 3. The Morgan fingerprint density at radius 3 is 2.72 bits per heavy atom. The van der Waals surface area contributed by atoms with Gasteiger partial charge in [0, 0.05) is 30.5 Å². The SMILES string of the molecule is COC(=O)COc1ccc2cc1S(=O)(=O)NCCCNc1nc(ncc1-c1ccc(F)c(OC)c1)N2. The van der Waals surface area contributed by atoms with Crippen LogP contribution in [0.3, 0.4) is 0 Å². The van der Waals surface area contributed by atoms with Crippen LogP contribution in [0, 0.1) is 5.82 Å². The van der Waals surface area contributed by atoms with Gasteiger partial charge in [0.2, 0.25) is 16.0 Å². The Morgan fingerprint density at radius 1 is 1.11 bits per heavy atom. The molecule has 4 bridgehead atoms. The Morgan fingerprint density at radius 2 is 1.94 bits per heavy atom. The van der Waals surface area contributed by atoms with Crippen LogP contribution in [0.25, 0.3) is 11.1 Å². The molecule has 1 aliphatic rings. The van der Waals surface area contributed by atoms with E-state index in [4.69, 9.17) is 9.47 Å². The van der Waals surface area contributed by atoms with Crippen molar-refractivity contribution in [3.8, 4) is 22.6 Å². The van der Waals surface area contributed by atoms with Crippen molar-refractivity contribution in [1.82, 2.24) is 14.7 Å². The molecule has 0 spiro atoms. The predicted molar refractivity (Wildman–Crippen MR) is 130 cm³/mol. The van der Waals surface area contributed by atoms with Crippen LogP contribution in [-0.4, -0.2) is 58.3 Å². The minimum absolute atomic E-state index is 0.00587. The van der Waals surface area contributed by atoms with E-state index in [9.17, 15) is 17.6 Å². The first-order valence-corrected chi connectivity index (χ1v) is 12.3. The van der Waals surface area contributed by atoms with Crippen molar-refractivity contribution in [2.45, 2.75) is 11.3 Å². The van der Waals surface area contributed by atoms with Crippen molar-refractivity contribution in [3.63, 3.8) is 0 Å². The Balaban J connectivity index is 1.72. The molecule has 0 aliphatic carbocycles. The van der Waals surface area contributed by atoms with E-state index >= 15 is 0 Å². The third-order valence-corrected chi connectivity index (χ3v) is 6.73. The maximum absolute atomic E-state index is 13.9. The number of hydrogen-bond acceptors (Lipinski definition) is 10. The fourth-order valence-electron chi connectivity index (χ4n) is 3.43. The maximum atomic E-state index is 13.9. The van der Waals surface area contributed by atoms with Crippen molar-refractivity contribution in [3.05, 3.63) is 48.4 Å². The molecule has 11 nitrogen and oxygen atoms in total. The topological polar surface area (TPSA) is 141 Å². The van der Waals surface area contributed by atoms with Gasteiger partial charge in [-0.05, 0) is 42.3 Å². The van der Waals surface area contributed by atoms with Gasteiger partial charge < -0.3 is 24.8 Å². The Kier molecular flexibility index (Phi) is 7.50. The number of aromatic nitrogens is 2. The number of nitrogens with one attached hydrogen (secondary N) is 3. The van der Waals surface area contributed by atoms with E-state index in [1.807, 2.05) is 0 Å². The van der Waals surface area contributed by atoms with Gasteiger partial charge in [-0.3, -0.25) is 0 Å². The van der Waals surface area contributed by atoms with E-state index in [1.165, 1.54) is 32.4 Å². The van der Waals surface area contributed by atoms with E-state index < -0.39 is 28.4 Å². The lowest BCUT2D eigenvalue weighted by atomic mass is 10.1. The number of carbonyl (C=O) groups excluding carboxylic acids is 1. The van der Waals surface area contributed by atoms with Crippen molar-refractivity contribution in [2.75, 3.05) is 44.5 Å². The van der Waals surface area contributed by atoms with Crippen LogP contribution in [0.2, 0.25) is 0 Å². The molecule has 190 valence electrons. The molecule has 36 heavy (non-hydrogen) atoms. The van der Waals surface area contributed by atoms with Gasteiger partial charge in [-0.25, -0.2) is 27.3 Å². The first kappa shape index (κ1) is 25.1. The van der Waals surface area contributed by atoms with Crippen LogP contribution in [0.5, 0.6) is 11.5 Å². The second kappa shape index (κ2) is 10.7. The molecule has 4 rings (SSSR count). The normalized spacial score (nSPS) is 14.6. The summed E-state index contributed by atoms with van der Waals surface area (Å²) < 4.78 is 57.5. The van der Waals surface area contributed by atoms with Crippen molar-refractivity contribution < 1.29 is 31.8 Å². The molecule has 2 heterocycles. The number of esters is 1. The number of halogens is 1. The first-order chi connectivity index (χ1) is 17.3. The lowest BCUT2D eigenvalue weighted by Crippen LogP contribution is -2.27. The van der Waals surface area contributed by atoms with Gasteiger partial charge in [0.1, 0.15) is 16.5 Å². The summed E-state index contributed by atoms with van der Waals surface area (Å²) in [5.41, 5.74) is 1.63. The summed E-state index contributed by atoms with van der Waals surface area (Å²) in [4.78, 5) is 20.2. The van der Waals surface area contributed by atoms with E-state index in [-0.39, 0.29) is 28.9 Å². The van der Waals surface area contributed by atoms with Crippen LogP contribution in [-0.2, 0) is 19.6 Å². The van der Waals surface area contributed by atoms with Crippen LogP contribution in [0.1, 0.15) is 6.42 Å². The highest BCUT2D eigenvalue weighted by Crippen LogP contribution is 2.33. The maximum Gasteiger partial charge on any atom is 0.343 e. The summed E-state index contributed by atoms with van der Waals surface area (Å²) in [6.45, 7) is 0.0620. The second-order valence-electron chi connectivity index (χ2n) is 7.63. The predicted octanol–water partition coefficient (Wildman–Crippen LogP) is 2.68. The molecule has 0 unspecified atom stereocenters. The third-order valence-electron chi connectivity index (χ3n) is 5.25. The molecular weight excluding hydrogens is 493 g/mol. The second-order valence-corrected chi connectivity index (χ2v) is 9.37. The highest BCUT2D eigenvalue weighted by molar-refractivity contribution is 7.89. The van der Waals surface area contributed by atoms with Crippen LogP contribution in [0.15, 0.2) is 47.5 Å². The molecule has 0 atom stereocenters. The van der Waals surface area contributed by atoms with Gasteiger partial charge in [0.15, 0.2) is 18.2 Å². The molecule has 13 heteroatoms. The van der Waals surface area contributed by atoms with Crippen LogP contribution in [0.4, 0.5) is 21.8 Å². The smallest absolute Gasteiger partial charge is 0.343 e. The molecule has 1 aliphatic heterocycles. The lowest BCUT2D eigenvalue weighted by molar-refractivity contribution is -0.142. The Bertz CT molecular complexity index is 1390. The monoisotopic (exact) mass is 517 g/mol. The average Bonchev–Trinajstić information content (AvgIpc) is 2.88. The van der Waals surface area contributed by atoms with Crippen molar-refractivity contribution in [2.24, 2.45) is 0 Å². The number of nitrogens with zero attached hydrogens (tertiary/aromatic N) is 2. The molecule has 2 aromatic carbocycles. The molecule has 0 radical (unpaired) electrons. The minimum Gasteiger partial charge on any atom is -0.494 e. The summed E-state index contributed by atoms with van der Waals surface area (Å²) in [5, 5.41) is 6.18. The van der Waals surface area contributed by atoms with E-state index in [0.29, 0.717) is 35.6 Å². The summed E-state index contributed by atoms with van der Waals surface area (Å²) in [5.74, 6) is -0.381. The van der Waals surface area contributed by atoms with Gasteiger partial charge in [-0.15, -0.1) is 0 Å². The number of carbonyl (C=O) groups is 1.